The van der Waals surface area contributed by atoms with Crippen molar-refractivity contribution in [2.24, 2.45) is 5.41 Å². The lowest BCUT2D eigenvalue weighted by molar-refractivity contribution is -0.141. The zero-order valence-electron chi connectivity index (χ0n) is 12.9. The fraction of sp³-hybridized carbons (Fsp3) is 0.222. The molecule has 1 saturated carbocycles. The van der Waals surface area contributed by atoms with Gasteiger partial charge in [0.15, 0.2) is 15.3 Å². The molecule has 6 heteroatoms. The van der Waals surface area contributed by atoms with Crippen LogP contribution in [0.2, 0.25) is 0 Å². The molecule has 0 aliphatic heterocycles. The number of aryl methyl sites for hydroxylation is 1. The molecule has 2 aromatic carbocycles. The number of rotatable bonds is 4. The van der Waals surface area contributed by atoms with E-state index in [4.69, 9.17) is 0 Å². The minimum atomic E-state index is -3.94. The molecule has 0 heterocycles. The smallest absolute Gasteiger partial charge is 0.326 e. The molecule has 0 spiro atoms. The van der Waals surface area contributed by atoms with Gasteiger partial charge in [0, 0.05) is 5.92 Å². The Kier molecular flexibility index (Phi) is 3.69. The first-order valence-electron chi connectivity index (χ1n) is 7.36. The Morgan fingerprint density at radius 3 is 2.21 bits per heavy atom. The van der Waals surface area contributed by atoms with E-state index in [2.05, 4.69) is 0 Å². The maximum Gasteiger partial charge on any atom is 0.326 e. The molecule has 0 aromatic heterocycles. The van der Waals surface area contributed by atoms with Crippen LogP contribution in [0.3, 0.4) is 0 Å². The summed E-state index contributed by atoms with van der Waals surface area (Å²) in [6, 6.07) is 16.4. The van der Waals surface area contributed by atoms with Crippen molar-refractivity contribution in [1.29, 1.82) is 5.26 Å². The largest absolute Gasteiger partial charge is 0.480 e. The standard InChI is InChI=1S/C18H15NO4S/c1-12-7-9-13(10-8-12)15-16(18(15,11-19)17(20)21)24(22,23)14-5-3-2-4-6-14/h2-10,15-16H,1H3,(H,20,21)/t15-,16+,18-/m0/s1. The van der Waals surface area contributed by atoms with E-state index in [1.54, 1.807) is 48.5 Å². The van der Waals surface area contributed by atoms with Gasteiger partial charge in [-0.05, 0) is 24.6 Å². The average molecular weight is 341 g/mol. The molecule has 0 bridgehead atoms. The van der Waals surface area contributed by atoms with E-state index in [0.29, 0.717) is 5.56 Å². The van der Waals surface area contributed by atoms with Crippen LogP contribution in [0.4, 0.5) is 0 Å². The summed E-state index contributed by atoms with van der Waals surface area (Å²) in [5.41, 5.74) is -0.432. The number of nitrogens with zero attached hydrogens (tertiary/aromatic N) is 1. The first kappa shape index (κ1) is 16.2. The number of aliphatic carboxylic acids is 1. The van der Waals surface area contributed by atoms with Crippen molar-refractivity contribution < 1.29 is 18.3 Å². The molecule has 3 rings (SSSR count). The fourth-order valence-corrected chi connectivity index (χ4v) is 5.45. The van der Waals surface area contributed by atoms with Crippen molar-refractivity contribution >= 4 is 15.8 Å². The third kappa shape index (κ3) is 2.21. The van der Waals surface area contributed by atoms with Crippen LogP contribution in [0.15, 0.2) is 59.5 Å². The van der Waals surface area contributed by atoms with E-state index >= 15 is 0 Å². The number of sulfone groups is 1. The highest BCUT2D eigenvalue weighted by Crippen LogP contribution is 2.63. The topological polar surface area (TPSA) is 95.2 Å². The number of carbonyl (C=O) groups is 1. The first-order chi connectivity index (χ1) is 11.4. The van der Waals surface area contributed by atoms with E-state index in [1.165, 1.54) is 12.1 Å². The van der Waals surface area contributed by atoms with Crippen LogP contribution >= 0.6 is 0 Å². The number of hydrogen-bond acceptors (Lipinski definition) is 4. The van der Waals surface area contributed by atoms with Gasteiger partial charge in [0.2, 0.25) is 0 Å². The van der Waals surface area contributed by atoms with Gasteiger partial charge in [-0.15, -0.1) is 0 Å². The van der Waals surface area contributed by atoms with Gasteiger partial charge in [-0.2, -0.15) is 5.26 Å². The van der Waals surface area contributed by atoms with Crippen molar-refractivity contribution in [3.8, 4) is 6.07 Å². The van der Waals surface area contributed by atoms with Crippen molar-refractivity contribution in [2.75, 3.05) is 0 Å². The third-order valence-corrected chi connectivity index (χ3v) is 6.76. The Morgan fingerprint density at radius 2 is 1.71 bits per heavy atom. The number of nitriles is 1. The minimum Gasteiger partial charge on any atom is -0.480 e. The third-order valence-electron chi connectivity index (χ3n) is 4.51. The summed E-state index contributed by atoms with van der Waals surface area (Å²) in [4.78, 5) is 11.8. The van der Waals surface area contributed by atoms with Gasteiger partial charge in [0.25, 0.3) is 0 Å². The van der Waals surface area contributed by atoms with Crippen molar-refractivity contribution in [2.45, 2.75) is 23.0 Å². The van der Waals surface area contributed by atoms with Crippen LogP contribution in [-0.2, 0) is 14.6 Å². The number of carboxylic acid groups (broad SMARTS) is 1. The summed E-state index contributed by atoms with van der Waals surface area (Å²) < 4.78 is 25.8. The van der Waals surface area contributed by atoms with Gasteiger partial charge in [0.1, 0.15) is 5.25 Å². The molecule has 1 aliphatic rings. The quantitative estimate of drug-likeness (QED) is 0.922. The van der Waals surface area contributed by atoms with Gasteiger partial charge in [-0.1, -0.05) is 48.0 Å². The molecule has 0 unspecified atom stereocenters. The van der Waals surface area contributed by atoms with Crippen molar-refractivity contribution in [1.82, 2.24) is 0 Å². The molecule has 122 valence electrons. The highest BCUT2D eigenvalue weighted by atomic mass is 32.2. The van der Waals surface area contributed by atoms with Gasteiger partial charge in [-0.3, -0.25) is 4.79 Å². The van der Waals surface area contributed by atoms with E-state index < -0.39 is 32.4 Å². The van der Waals surface area contributed by atoms with Crippen molar-refractivity contribution in [3.05, 3.63) is 65.7 Å². The molecular formula is C18H15NO4S. The van der Waals surface area contributed by atoms with Crippen molar-refractivity contribution in [3.63, 3.8) is 0 Å². The SMILES string of the molecule is Cc1ccc([C@H]2[C@@H](S(=O)(=O)c3ccccc3)[C@@]2(C#N)C(=O)O)cc1. The van der Waals surface area contributed by atoms with E-state index in [1.807, 2.05) is 6.92 Å². The lowest BCUT2D eigenvalue weighted by Crippen LogP contribution is -2.22. The molecule has 3 atom stereocenters. The van der Waals surface area contributed by atoms with Crippen LogP contribution in [0.25, 0.3) is 0 Å². The maximum atomic E-state index is 12.9. The first-order valence-corrected chi connectivity index (χ1v) is 8.90. The summed E-state index contributed by atoms with van der Waals surface area (Å²) in [7, 11) is -3.94. The number of benzene rings is 2. The second-order valence-corrected chi connectivity index (χ2v) is 8.02. The Hall–Kier alpha value is -2.65. The molecule has 24 heavy (non-hydrogen) atoms. The van der Waals surface area contributed by atoms with Gasteiger partial charge >= 0.3 is 5.97 Å². The van der Waals surface area contributed by atoms with E-state index in [9.17, 15) is 23.6 Å². The average Bonchev–Trinajstić information content (AvgIpc) is 3.28. The molecule has 5 nitrogen and oxygen atoms in total. The lowest BCUT2D eigenvalue weighted by atomic mass is 10.00. The number of carboxylic acids is 1. The fourth-order valence-electron chi connectivity index (χ4n) is 3.18. The Morgan fingerprint density at radius 1 is 1.12 bits per heavy atom. The molecule has 0 radical (unpaired) electrons. The second kappa shape index (κ2) is 5.46. The summed E-state index contributed by atoms with van der Waals surface area (Å²) in [6.45, 7) is 1.88. The molecule has 1 N–H and O–H groups in total. The second-order valence-electron chi connectivity index (χ2n) is 5.95. The van der Waals surface area contributed by atoms with Crippen LogP contribution in [0, 0.1) is 23.7 Å². The van der Waals surface area contributed by atoms with Gasteiger partial charge < -0.3 is 5.11 Å². The molecule has 0 amide bonds. The molecule has 1 fully saturated rings. The zero-order chi connectivity index (χ0) is 17.5. The Bertz CT molecular complexity index is 929. The number of hydrogen-bond donors (Lipinski definition) is 1. The summed E-state index contributed by atoms with van der Waals surface area (Å²) in [5.74, 6) is -2.29. The monoisotopic (exact) mass is 341 g/mol. The summed E-state index contributed by atoms with van der Waals surface area (Å²) in [5, 5.41) is 17.8. The van der Waals surface area contributed by atoms with E-state index in [0.717, 1.165) is 5.56 Å². The predicted molar refractivity (Wildman–Crippen MR) is 87.0 cm³/mol. The Labute approximate surface area is 140 Å². The maximum absolute atomic E-state index is 12.9. The minimum absolute atomic E-state index is 0.0329. The normalized spacial score (nSPS) is 25.7. The van der Waals surface area contributed by atoms with E-state index in [-0.39, 0.29) is 4.90 Å². The summed E-state index contributed by atoms with van der Waals surface area (Å²) in [6.07, 6.45) is 0. The van der Waals surface area contributed by atoms with Crippen LogP contribution in [0.5, 0.6) is 0 Å². The highest BCUT2D eigenvalue weighted by molar-refractivity contribution is 7.92. The molecule has 2 aromatic rings. The zero-order valence-corrected chi connectivity index (χ0v) is 13.7. The van der Waals surface area contributed by atoms with Crippen LogP contribution in [0.1, 0.15) is 17.0 Å². The predicted octanol–water partition coefficient (Wildman–Crippen LogP) is 2.53. The van der Waals surface area contributed by atoms with Gasteiger partial charge in [-0.25, -0.2) is 8.42 Å². The van der Waals surface area contributed by atoms with Gasteiger partial charge in [0.05, 0.1) is 11.0 Å². The Balaban J connectivity index is 2.13. The van der Waals surface area contributed by atoms with Crippen LogP contribution in [-0.4, -0.2) is 24.7 Å². The molecular weight excluding hydrogens is 326 g/mol. The lowest BCUT2D eigenvalue weighted by Gasteiger charge is -2.04. The summed E-state index contributed by atoms with van der Waals surface area (Å²) >= 11 is 0. The molecule has 1 aliphatic carbocycles. The molecule has 0 saturated heterocycles. The highest BCUT2D eigenvalue weighted by Gasteiger charge is 2.77. The van der Waals surface area contributed by atoms with Crippen LogP contribution < -0.4 is 0 Å².